The Morgan fingerprint density at radius 1 is 1.16 bits per heavy atom. The molecule has 2 N–H and O–H groups in total. The predicted molar refractivity (Wildman–Crippen MR) is 86.2 cm³/mol. The Morgan fingerprint density at radius 2 is 1.79 bits per heavy atom. The maximum atomic E-state index is 6.43. The zero-order valence-corrected chi connectivity index (χ0v) is 13.4. The van der Waals surface area contributed by atoms with Crippen molar-refractivity contribution in [2.45, 2.75) is 58.5 Å². The minimum Gasteiger partial charge on any atom is -0.370 e. The van der Waals surface area contributed by atoms with Crippen LogP contribution in [-0.2, 0) is 6.42 Å². The molecular formula is C16H27ClN2. The van der Waals surface area contributed by atoms with Crippen LogP contribution < -0.4 is 10.6 Å². The number of anilines is 1. The van der Waals surface area contributed by atoms with Crippen LogP contribution >= 0.6 is 11.6 Å². The Labute approximate surface area is 122 Å². The first-order valence-corrected chi connectivity index (χ1v) is 7.68. The van der Waals surface area contributed by atoms with E-state index in [1.165, 1.54) is 5.56 Å². The van der Waals surface area contributed by atoms with Gasteiger partial charge in [0.2, 0.25) is 0 Å². The molecule has 1 aromatic rings. The number of hydrogen-bond donors (Lipinski definition) is 1. The van der Waals surface area contributed by atoms with E-state index in [9.17, 15) is 0 Å². The highest BCUT2D eigenvalue weighted by molar-refractivity contribution is 6.33. The molecule has 19 heavy (non-hydrogen) atoms. The van der Waals surface area contributed by atoms with Gasteiger partial charge in [-0.25, -0.2) is 0 Å². The summed E-state index contributed by atoms with van der Waals surface area (Å²) in [7, 11) is 2.14. The molecule has 0 fully saturated rings. The van der Waals surface area contributed by atoms with Gasteiger partial charge in [-0.3, -0.25) is 0 Å². The predicted octanol–water partition coefficient (Wildman–Crippen LogP) is 4.24. The lowest BCUT2D eigenvalue weighted by Crippen LogP contribution is -2.32. The maximum Gasteiger partial charge on any atom is 0.0642 e. The Bertz CT molecular complexity index is 388. The van der Waals surface area contributed by atoms with E-state index in [1.54, 1.807) is 0 Å². The number of rotatable bonds is 7. The van der Waals surface area contributed by atoms with Gasteiger partial charge in [-0.15, -0.1) is 0 Å². The molecule has 0 aliphatic heterocycles. The van der Waals surface area contributed by atoms with Gasteiger partial charge in [0.15, 0.2) is 0 Å². The van der Waals surface area contributed by atoms with E-state index in [4.69, 9.17) is 17.3 Å². The molecule has 2 nitrogen and oxygen atoms in total. The maximum absolute atomic E-state index is 6.43. The fraction of sp³-hybridized carbons (Fsp3) is 0.625. The summed E-state index contributed by atoms with van der Waals surface area (Å²) in [6, 6.07) is 6.86. The van der Waals surface area contributed by atoms with Gasteiger partial charge >= 0.3 is 0 Å². The first-order valence-electron chi connectivity index (χ1n) is 7.30. The first kappa shape index (κ1) is 16.3. The van der Waals surface area contributed by atoms with E-state index < -0.39 is 0 Å². The van der Waals surface area contributed by atoms with E-state index in [1.807, 2.05) is 12.1 Å². The molecule has 3 heteroatoms. The highest BCUT2D eigenvalue weighted by Gasteiger charge is 2.18. The van der Waals surface area contributed by atoms with Crippen LogP contribution in [-0.4, -0.2) is 19.1 Å². The molecule has 0 radical (unpaired) electrons. The van der Waals surface area contributed by atoms with Crippen molar-refractivity contribution in [3.8, 4) is 0 Å². The molecule has 1 unspecified atom stereocenters. The lowest BCUT2D eigenvalue weighted by Gasteiger charge is -2.31. The second-order valence-corrected chi connectivity index (χ2v) is 5.61. The van der Waals surface area contributed by atoms with Crippen molar-refractivity contribution < 1.29 is 0 Å². The molecule has 0 aliphatic carbocycles. The van der Waals surface area contributed by atoms with E-state index >= 15 is 0 Å². The number of para-hydroxylation sites is 1. The van der Waals surface area contributed by atoms with Crippen LogP contribution in [0.4, 0.5) is 5.69 Å². The highest BCUT2D eigenvalue weighted by atomic mass is 35.5. The average Bonchev–Trinajstić information content (AvgIpc) is 2.40. The monoisotopic (exact) mass is 282 g/mol. The van der Waals surface area contributed by atoms with Gasteiger partial charge in [0.05, 0.1) is 10.7 Å². The smallest absolute Gasteiger partial charge is 0.0642 e. The number of nitrogens with zero attached hydrogens (tertiary/aromatic N) is 1. The first-order chi connectivity index (χ1) is 9.04. The standard InChI is InChI=1S/C16H27ClN2/c1-5-13(18)11-12-9-8-10-15(17)16(12)19(4)14(6-2)7-3/h8-10,13-14H,5-7,11,18H2,1-4H3. The van der Waals surface area contributed by atoms with Crippen molar-refractivity contribution in [1.82, 2.24) is 0 Å². The summed E-state index contributed by atoms with van der Waals surface area (Å²) in [6.45, 7) is 6.57. The highest BCUT2D eigenvalue weighted by Crippen LogP contribution is 2.32. The summed E-state index contributed by atoms with van der Waals surface area (Å²) in [5, 5.41) is 0.829. The number of benzene rings is 1. The largest absolute Gasteiger partial charge is 0.370 e. The van der Waals surface area contributed by atoms with Gasteiger partial charge < -0.3 is 10.6 Å². The summed E-state index contributed by atoms with van der Waals surface area (Å²) in [5.41, 5.74) is 8.52. The number of nitrogens with two attached hydrogens (primary N) is 1. The van der Waals surface area contributed by atoms with E-state index in [2.05, 4.69) is 38.8 Å². The van der Waals surface area contributed by atoms with Crippen molar-refractivity contribution in [3.63, 3.8) is 0 Å². The van der Waals surface area contributed by atoms with Crippen LogP contribution in [0.25, 0.3) is 0 Å². The van der Waals surface area contributed by atoms with E-state index in [0.29, 0.717) is 6.04 Å². The minimum atomic E-state index is 0.201. The molecule has 1 atom stereocenters. The molecule has 0 bridgehead atoms. The molecule has 0 spiro atoms. The normalized spacial score (nSPS) is 12.8. The summed E-state index contributed by atoms with van der Waals surface area (Å²) >= 11 is 6.43. The van der Waals surface area contributed by atoms with Gasteiger partial charge in [-0.05, 0) is 37.3 Å². The van der Waals surface area contributed by atoms with Gasteiger partial charge in [0, 0.05) is 19.1 Å². The van der Waals surface area contributed by atoms with Crippen molar-refractivity contribution in [3.05, 3.63) is 28.8 Å². The average molecular weight is 283 g/mol. The molecule has 0 saturated heterocycles. The topological polar surface area (TPSA) is 29.3 Å². The van der Waals surface area contributed by atoms with Gasteiger partial charge in [0.25, 0.3) is 0 Å². The van der Waals surface area contributed by atoms with Crippen molar-refractivity contribution >= 4 is 17.3 Å². The third kappa shape index (κ3) is 4.12. The molecule has 0 aliphatic rings. The Kier molecular flexibility index (Phi) is 6.67. The molecule has 1 aromatic carbocycles. The van der Waals surface area contributed by atoms with Gasteiger partial charge in [-0.2, -0.15) is 0 Å². The van der Waals surface area contributed by atoms with Crippen LogP contribution in [0.2, 0.25) is 5.02 Å². The summed E-state index contributed by atoms with van der Waals surface area (Å²) in [5.74, 6) is 0. The Balaban J connectivity index is 3.09. The summed E-state index contributed by atoms with van der Waals surface area (Å²) < 4.78 is 0. The fourth-order valence-corrected chi connectivity index (χ4v) is 2.89. The van der Waals surface area contributed by atoms with Crippen LogP contribution in [0.15, 0.2) is 18.2 Å². The zero-order valence-electron chi connectivity index (χ0n) is 12.6. The zero-order chi connectivity index (χ0) is 14.4. The molecule has 0 aromatic heterocycles. The number of halogens is 1. The molecule has 0 heterocycles. The second-order valence-electron chi connectivity index (χ2n) is 5.20. The van der Waals surface area contributed by atoms with Crippen LogP contribution in [0.1, 0.15) is 45.6 Å². The minimum absolute atomic E-state index is 0.201. The molecule has 108 valence electrons. The van der Waals surface area contributed by atoms with E-state index in [-0.39, 0.29) is 6.04 Å². The lowest BCUT2D eigenvalue weighted by molar-refractivity contribution is 0.586. The van der Waals surface area contributed by atoms with Crippen molar-refractivity contribution in [1.29, 1.82) is 0 Å². The Morgan fingerprint density at radius 3 is 2.32 bits per heavy atom. The fourth-order valence-electron chi connectivity index (χ4n) is 2.57. The Hall–Kier alpha value is -0.730. The number of hydrogen-bond acceptors (Lipinski definition) is 2. The van der Waals surface area contributed by atoms with Gasteiger partial charge in [-0.1, -0.05) is 44.5 Å². The van der Waals surface area contributed by atoms with Crippen LogP contribution in [0, 0.1) is 0 Å². The molecule has 0 saturated carbocycles. The van der Waals surface area contributed by atoms with E-state index in [0.717, 1.165) is 36.4 Å². The molecule has 0 amide bonds. The summed E-state index contributed by atoms with van der Waals surface area (Å²) in [4.78, 5) is 2.32. The third-order valence-corrected chi connectivity index (χ3v) is 4.22. The van der Waals surface area contributed by atoms with Crippen molar-refractivity contribution in [2.24, 2.45) is 5.73 Å². The van der Waals surface area contributed by atoms with Gasteiger partial charge in [0.1, 0.15) is 0 Å². The SMILES string of the molecule is CCC(N)Cc1cccc(Cl)c1N(C)C(CC)CC. The van der Waals surface area contributed by atoms with Crippen LogP contribution in [0.5, 0.6) is 0 Å². The summed E-state index contributed by atoms with van der Waals surface area (Å²) in [6.07, 6.45) is 4.12. The lowest BCUT2D eigenvalue weighted by atomic mass is 10.0. The molecule has 1 rings (SSSR count). The van der Waals surface area contributed by atoms with Crippen LogP contribution in [0.3, 0.4) is 0 Å². The quantitative estimate of drug-likeness (QED) is 0.810. The van der Waals surface area contributed by atoms with Crippen molar-refractivity contribution in [2.75, 3.05) is 11.9 Å². The second kappa shape index (κ2) is 7.76. The third-order valence-electron chi connectivity index (χ3n) is 3.92. The molecular weight excluding hydrogens is 256 g/mol.